The molecule has 0 spiro atoms. The molecule has 5 aliphatic rings. The molecule has 2 aromatic rings. The molecule has 7 rings (SSSR count). The van der Waals surface area contributed by atoms with E-state index in [4.69, 9.17) is 22.1 Å². The Bertz CT molecular complexity index is 1390. The highest BCUT2D eigenvalue weighted by atomic mass is 35.5. The van der Waals surface area contributed by atoms with E-state index in [9.17, 15) is 18.8 Å². The molecule has 9 nitrogen and oxygen atoms in total. The highest BCUT2D eigenvalue weighted by Gasteiger charge is 2.56. The monoisotopic (exact) mass is 599 g/mol. The van der Waals surface area contributed by atoms with Crippen LogP contribution in [0.5, 0.6) is 0 Å². The minimum atomic E-state index is -0.555. The van der Waals surface area contributed by atoms with Crippen LogP contribution in [0.2, 0.25) is 5.02 Å². The molecular formula is C31H39ClFN5O4. The Kier molecular flexibility index (Phi) is 7.48. The first-order valence-corrected chi connectivity index (χ1v) is 15.4. The summed E-state index contributed by atoms with van der Waals surface area (Å²) in [7, 11) is 3.18. The molecule has 226 valence electrons. The van der Waals surface area contributed by atoms with Crippen molar-refractivity contribution in [1.82, 2.24) is 15.1 Å². The molecule has 2 unspecified atom stereocenters. The zero-order valence-corrected chi connectivity index (χ0v) is 24.9. The first kappa shape index (κ1) is 29.0. The fourth-order valence-corrected chi connectivity index (χ4v) is 8.63. The van der Waals surface area contributed by atoms with E-state index >= 15 is 0 Å². The van der Waals surface area contributed by atoms with E-state index in [1.54, 1.807) is 11.7 Å². The number of hydrogen-bond donors (Lipinski definition) is 3. The van der Waals surface area contributed by atoms with Crippen LogP contribution in [-0.4, -0.2) is 41.2 Å². The highest BCUT2D eigenvalue weighted by molar-refractivity contribution is 6.31. The molecule has 5 fully saturated rings. The number of carbonyl (C=O) groups is 3. The van der Waals surface area contributed by atoms with Crippen molar-refractivity contribution in [2.75, 3.05) is 24.7 Å². The van der Waals surface area contributed by atoms with Crippen molar-refractivity contribution < 1.29 is 23.5 Å². The summed E-state index contributed by atoms with van der Waals surface area (Å²) in [6.07, 6.45) is 8.39. The van der Waals surface area contributed by atoms with E-state index in [2.05, 4.69) is 15.7 Å². The van der Waals surface area contributed by atoms with Crippen molar-refractivity contribution in [3.63, 3.8) is 0 Å². The predicted octanol–water partition coefficient (Wildman–Crippen LogP) is 5.20. The van der Waals surface area contributed by atoms with Crippen LogP contribution in [0, 0.1) is 34.4 Å². The summed E-state index contributed by atoms with van der Waals surface area (Å²) in [6.45, 7) is 0.685. The maximum atomic E-state index is 13.6. The first-order valence-electron chi connectivity index (χ1n) is 15.0. The minimum absolute atomic E-state index is 0.0701. The number of anilines is 2. The number of carbonyl (C=O) groups excluding carboxylic acids is 3. The van der Waals surface area contributed by atoms with Gasteiger partial charge in [0, 0.05) is 30.6 Å². The van der Waals surface area contributed by atoms with Gasteiger partial charge in [-0.15, -0.1) is 0 Å². The molecule has 2 amide bonds. The zero-order chi connectivity index (χ0) is 29.8. The summed E-state index contributed by atoms with van der Waals surface area (Å²) < 4.78 is 20.2. The lowest BCUT2D eigenvalue weighted by atomic mass is 9.53. The Labute approximate surface area is 250 Å². The lowest BCUT2D eigenvalue weighted by Crippen LogP contribution is -2.53. The van der Waals surface area contributed by atoms with Gasteiger partial charge in [0.2, 0.25) is 5.91 Å². The van der Waals surface area contributed by atoms with Gasteiger partial charge in [-0.05, 0) is 100 Å². The van der Waals surface area contributed by atoms with Crippen molar-refractivity contribution in [2.45, 2.75) is 70.1 Å². The van der Waals surface area contributed by atoms with Gasteiger partial charge in [-0.2, -0.15) is 5.10 Å². The largest absolute Gasteiger partial charge is 0.469 e. The van der Waals surface area contributed by atoms with E-state index in [0.717, 1.165) is 64.2 Å². The fraction of sp³-hybridized carbons (Fsp3) is 0.613. The number of halogens is 2. The second kappa shape index (κ2) is 10.8. The van der Waals surface area contributed by atoms with Crippen LogP contribution in [0.1, 0.15) is 86.2 Å². The molecule has 5 aliphatic carbocycles. The number of aryl methyl sites for hydroxylation is 1. The molecule has 2 atom stereocenters. The van der Waals surface area contributed by atoms with Gasteiger partial charge in [0.05, 0.1) is 23.2 Å². The number of nitrogens with one attached hydrogen (secondary N) is 2. The van der Waals surface area contributed by atoms with E-state index < -0.39 is 5.82 Å². The van der Waals surface area contributed by atoms with Gasteiger partial charge in [0.1, 0.15) is 17.2 Å². The van der Waals surface area contributed by atoms with Crippen LogP contribution in [0.25, 0.3) is 0 Å². The molecule has 0 radical (unpaired) electrons. The topological polar surface area (TPSA) is 128 Å². The number of ether oxygens (including phenoxy) is 1. The second-order valence-corrected chi connectivity index (χ2v) is 13.5. The molecule has 1 aromatic heterocycles. The third-order valence-electron chi connectivity index (χ3n) is 10.9. The highest BCUT2D eigenvalue weighted by Crippen LogP contribution is 2.58. The van der Waals surface area contributed by atoms with Crippen molar-refractivity contribution >= 4 is 40.9 Å². The smallest absolute Gasteiger partial charge is 0.311 e. The summed E-state index contributed by atoms with van der Waals surface area (Å²) in [5, 5.41) is 10.7. The van der Waals surface area contributed by atoms with E-state index in [0.29, 0.717) is 47.1 Å². The number of methoxy groups -OCH3 is 1. The lowest BCUT2D eigenvalue weighted by molar-refractivity contribution is -0.166. The Morgan fingerprint density at radius 2 is 1.69 bits per heavy atom. The molecule has 0 aliphatic heterocycles. The van der Waals surface area contributed by atoms with Crippen LogP contribution >= 0.6 is 11.6 Å². The van der Waals surface area contributed by atoms with Gasteiger partial charge in [0.25, 0.3) is 5.91 Å². The number of nitrogen functional groups attached to an aromatic ring is 1. The maximum absolute atomic E-state index is 13.6. The first-order chi connectivity index (χ1) is 20.0. The Morgan fingerprint density at radius 3 is 2.29 bits per heavy atom. The van der Waals surface area contributed by atoms with Crippen molar-refractivity contribution in [2.24, 2.45) is 35.6 Å². The molecule has 1 heterocycles. The summed E-state index contributed by atoms with van der Waals surface area (Å²) in [5.74, 6) is 0.957. The number of fused-ring (bicyclic) bond motifs is 4. The van der Waals surface area contributed by atoms with Crippen LogP contribution in [0.4, 0.5) is 15.9 Å². The molecule has 42 heavy (non-hydrogen) atoms. The fourth-order valence-electron chi connectivity index (χ4n) is 8.45. The Hall–Kier alpha value is -3.14. The second-order valence-electron chi connectivity index (χ2n) is 13.1. The van der Waals surface area contributed by atoms with Gasteiger partial charge >= 0.3 is 5.97 Å². The summed E-state index contributed by atoms with van der Waals surface area (Å²) in [6, 6.07) is 4.04. The summed E-state index contributed by atoms with van der Waals surface area (Å²) in [4.78, 5) is 38.9. The summed E-state index contributed by atoms with van der Waals surface area (Å²) in [5.41, 5.74) is 7.02. The molecule has 11 heteroatoms. The van der Waals surface area contributed by atoms with Gasteiger partial charge in [0.15, 0.2) is 0 Å². The SMILES string of the molecule is COC(=O)C12CCC(C(=O)NCC3CC4CC(c5nn(C)c(N)c5C(=O)Nc5ccc(F)c(Cl)c5)CC4C3)(CC1)CC2. The predicted molar refractivity (Wildman–Crippen MR) is 156 cm³/mol. The number of rotatable bonds is 7. The minimum Gasteiger partial charge on any atom is -0.469 e. The molecule has 2 bridgehead atoms. The number of nitrogens with two attached hydrogens (primary N) is 1. The molecule has 5 saturated carbocycles. The lowest BCUT2D eigenvalue weighted by Gasteiger charge is -2.50. The standard InChI is InChI=1S/C31H39ClFN5O4/c1-38-26(34)24(27(39)36-21-3-4-23(33)22(32)15-21)25(37-38)20-13-18-11-17(12-19(18)14-20)16-35-28(40)30-5-8-31(9-6-30,10-7-30)29(41)42-2/h3-4,15,17-20H,5-14,16,34H2,1-2H3,(H,35,40)(H,36,39). The van der Waals surface area contributed by atoms with Crippen molar-refractivity contribution in [3.05, 3.63) is 40.3 Å². The van der Waals surface area contributed by atoms with Crippen LogP contribution in [0.3, 0.4) is 0 Å². The number of aromatic nitrogens is 2. The number of amides is 2. The number of hydrogen-bond acceptors (Lipinski definition) is 6. The third-order valence-corrected chi connectivity index (χ3v) is 11.2. The van der Waals surface area contributed by atoms with Crippen molar-refractivity contribution in [1.29, 1.82) is 0 Å². The van der Waals surface area contributed by atoms with Crippen LogP contribution in [0.15, 0.2) is 18.2 Å². The van der Waals surface area contributed by atoms with E-state index in [-0.39, 0.29) is 39.6 Å². The van der Waals surface area contributed by atoms with Gasteiger partial charge in [-0.25, -0.2) is 4.39 Å². The maximum Gasteiger partial charge on any atom is 0.311 e. The van der Waals surface area contributed by atoms with E-state index in [1.807, 2.05) is 0 Å². The number of benzene rings is 1. The molecule has 4 N–H and O–H groups in total. The zero-order valence-electron chi connectivity index (χ0n) is 24.2. The molecule has 0 saturated heterocycles. The van der Waals surface area contributed by atoms with Crippen LogP contribution < -0.4 is 16.4 Å². The number of nitrogens with zero attached hydrogens (tertiary/aromatic N) is 2. The van der Waals surface area contributed by atoms with Gasteiger partial charge in [-0.3, -0.25) is 19.1 Å². The van der Waals surface area contributed by atoms with Crippen LogP contribution in [-0.2, 0) is 21.4 Å². The average molecular weight is 600 g/mol. The summed E-state index contributed by atoms with van der Waals surface area (Å²) >= 11 is 5.89. The average Bonchev–Trinajstić information content (AvgIpc) is 3.65. The Morgan fingerprint density at radius 1 is 1.07 bits per heavy atom. The molecule has 1 aromatic carbocycles. The van der Waals surface area contributed by atoms with Gasteiger partial charge in [-0.1, -0.05) is 11.6 Å². The molecular weight excluding hydrogens is 561 g/mol. The van der Waals surface area contributed by atoms with Gasteiger partial charge < -0.3 is 21.1 Å². The third kappa shape index (κ3) is 4.95. The quantitative estimate of drug-likeness (QED) is 0.376. The van der Waals surface area contributed by atoms with E-state index in [1.165, 1.54) is 25.3 Å². The normalized spacial score (nSPS) is 31.5. The Balaban J connectivity index is 1.04. The number of esters is 1. The van der Waals surface area contributed by atoms with Crippen molar-refractivity contribution in [3.8, 4) is 0 Å².